The SMILES string of the molecule is CC(=O)Nc1ccc(CN2CCC[C@@H](c3cncc(-c4cccc(C)c4)n3)C2)cc1. The lowest BCUT2D eigenvalue weighted by Crippen LogP contribution is -2.34. The minimum absolute atomic E-state index is 0.0457. The molecule has 1 atom stereocenters. The van der Waals surface area contributed by atoms with Crippen molar-refractivity contribution in [2.75, 3.05) is 18.4 Å². The van der Waals surface area contributed by atoms with E-state index in [1.807, 2.05) is 24.5 Å². The van der Waals surface area contributed by atoms with Crippen molar-refractivity contribution < 1.29 is 4.79 Å². The molecular weight excluding hydrogens is 372 g/mol. The molecule has 3 aromatic rings. The van der Waals surface area contributed by atoms with Crippen molar-refractivity contribution in [3.05, 3.63) is 77.7 Å². The largest absolute Gasteiger partial charge is 0.326 e. The second-order valence-electron chi connectivity index (χ2n) is 8.15. The second-order valence-corrected chi connectivity index (χ2v) is 8.15. The zero-order valence-corrected chi connectivity index (χ0v) is 17.6. The van der Waals surface area contributed by atoms with Gasteiger partial charge in [0.15, 0.2) is 0 Å². The minimum atomic E-state index is -0.0457. The molecule has 1 saturated heterocycles. The molecule has 0 radical (unpaired) electrons. The Labute approximate surface area is 178 Å². The van der Waals surface area contributed by atoms with E-state index in [1.165, 1.54) is 18.1 Å². The third-order valence-electron chi connectivity index (χ3n) is 5.57. The van der Waals surface area contributed by atoms with Gasteiger partial charge in [-0.2, -0.15) is 0 Å². The average molecular weight is 401 g/mol. The highest BCUT2D eigenvalue weighted by Gasteiger charge is 2.23. The Morgan fingerprint density at radius 2 is 2.00 bits per heavy atom. The zero-order chi connectivity index (χ0) is 20.9. The zero-order valence-electron chi connectivity index (χ0n) is 17.6. The van der Waals surface area contributed by atoms with Crippen molar-refractivity contribution in [1.29, 1.82) is 0 Å². The van der Waals surface area contributed by atoms with Gasteiger partial charge in [0.25, 0.3) is 0 Å². The molecule has 1 amide bonds. The van der Waals surface area contributed by atoms with Gasteiger partial charge in [0.1, 0.15) is 0 Å². The van der Waals surface area contributed by atoms with Crippen LogP contribution in [0.3, 0.4) is 0 Å². The van der Waals surface area contributed by atoms with E-state index >= 15 is 0 Å². The number of benzene rings is 2. The van der Waals surface area contributed by atoms with Crippen LogP contribution in [-0.4, -0.2) is 33.9 Å². The summed E-state index contributed by atoms with van der Waals surface area (Å²) in [4.78, 5) is 23.1. The van der Waals surface area contributed by atoms with Gasteiger partial charge in [0.05, 0.1) is 17.6 Å². The smallest absolute Gasteiger partial charge is 0.221 e. The molecule has 2 aromatic carbocycles. The van der Waals surface area contributed by atoms with E-state index < -0.39 is 0 Å². The molecule has 1 N–H and O–H groups in total. The van der Waals surface area contributed by atoms with Gasteiger partial charge in [-0.1, -0.05) is 35.9 Å². The van der Waals surface area contributed by atoms with E-state index in [0.717, 1.165) is 55.1 Å². The Bertz CT molecular complexity index is 1020. The number of anilines is 1. The van der Waals surface area contributed by atoms with Crippen molar-refractivity contribution in [1.82, 2.24) is 14.9 Å². The van der Waals surface area contributed by atoms with Crippen molar-refractivity contribution in [2.45, 2.75) is 39.2 Å². The maximum Gasteiger partial charge on any atom is 0.221 e. The van der Waals surface area contributed by atoms with E-state index in [-0.39, 0.29) is 5.91 Å². The maximum atomic E-state index is 11.2. The number of nitrogens with zero attached hydrogens (tertiary/aromatic N) is 3. The lowest BCUT2D eigenvalue weighted by Gasteiger charge is -2.32. The highest BCUT2D eigenvalue weighted by Crippen LogP contribution is 2.28. The van der Waals surface area contributed by atoms with Crippen LogP contribution in [0.4, 0.5) is 5.69 Å². The third-order valence-corrected chi connectivity index (χ3v) is 5.57. The molecule has 1 aliphatic rings. The Kier molecular flexibility index (Phi) is 6.19. The fourth-order valence-corrected chi connectivity index (χ4v) is 4.12. The molecule has 1 aliphatic heterocycles. The highest BCUT2D eigenvalue weighted by atomic mass is 16.1. The van der Waals surface area contributed by atoms with E-state index in [9.17, 15) is 4.79 Å². The first-order chi connectivity index (χ1) is 14.6. The summed E-state index contributed by atoms with van der Waals surface area (Å²) in [5.74, 6) is 0.352. The first kappa shape index (κ1) is 20.2. The summed E-state index contributed by atoms with van der Waals surface area (Å²) < 4.78 is 0. The monoisotopic (exact) mass is 400 g/mol. The molecule has 0 aliphatic carbocycles. The average Bonchev–Trinajstić information content (AvgIpc) is 2.75. The predicted octanol–water partition coefficient (Wildman–Crippen LogP) is 4.79. The Balaban J connectivity index is 1.44. The number of likely N-dealkylation sites (tertiary alicyclic amines) is 1. The highest BCUT2D eigenvalue weighted by molar-refractivity contribution is 5.88. The van der Waals surface area contributed by atoms with Crippen molar-refractivity contribution in [3.63, 3.8) is 0 Å². The van der Waals surface area contributed by atoms with Gasteiger partial charge in [-0.3, -0.25) is 14.7 Å². The molecule has 1 aromatic heterocycles. The van der Waals surface area contributed by atoms with Crippen LogP contribution in [0.1, 0.15) is 42.5 Å². The molecule has 2 heterocycles. The molecule has 0 unspecified atom stereocenters. The molecular formula is C25H28N4O. The van der Waals surface area contributed by atoms with Crippen molar-refractivity contribution in [2.24, 2.45) is 0 Å². The fourth-order valence-electron chi connectivity index (χ4n) is 4.12. The van der Waals surface area contributed by atoms with Gasteiger partial charge in [0.2, 0.25) is 5.91 Å². The summed E-state index contributed by atoms with van der Waals surface area (Å²) >= 11 is 0. The lowest BCUT2D eigenvalue weighted by atomic mass is 9.94. The number of rotatable bonds is 5. The number of aromatic nitrogens is 2. The van der Waals surface area contributed by atoms with Gasteiger partial charge < -0.3 is 5.32 Å². The summed E-state index contributed by atoms with van der Waals surface area (Å²) in [6.45, 7) is 6.61. The van der Waals surface area contributed by atoms with Crippen LogP contribution >= 0.6 is 0 Å². The van der Waals surface area contributed by atoms with Crippen molar-refractivity contribution in [3.8, 4) is 11.3 Å². The first-order valence-corrected chi connectivity index (χ1v) is 10.5. The van der Waals surface area contributed by atoms with E-state index in [2.05, 4.69) is 58.5 Å². The Morgan fingerprint density at radius 1 is 1.17 bits per heavy atom. The van der Waals surface area contributed by atoms with E-state index in [0.29, 0.717) is 5.92 Å². The summed E-state index contributed by atoms with van der Waals surface area (Å²) in [5, 5.41) is 2.82. The predicted molar refractivity (Wildman–Crippen MR) is 120 cm³/mol. The number of amides is 1. The van der Waals surface area contributed by atoms with E-state index in [4.69, 9.17) is 4.98 Å². The molecule has 1 fully saturated rings. The fraction of sp³-hybridized carbons (Fsp3) is 0.320. The molecule has 0 spiro atoms. The van der Waals surface area contributed by atoms with E-state index in [1.54, 1.807) is 0 Å². The van der Waals surface area contributed by atoms with Crippen LogP contribution in [0.2, 0.25) is 0 Å². The molecule has 4 rings (SSSR count). The van der Waals surface area contributed by atoms with Gasteiger partial charge in [0, 0.05) is 43.4 Å². The lowest BCUT2D eigenvalue weighted by molar-refractivity contribution is -0.114. The van der Waals surface area contributed by atoms with Crippen LogP contribution in [0, 0.1) is 6.92 Å². The molecule has 5 nitrogen and oxygen atoms in total. The van der Waals surface area contributed by atoms with Crippen LogP contribution in [-0.2, 0) is 11.3 Å². The van der Waals surface area contributed by atoms with Crippen LogP contribution in [0.15, 0.2) is 60.9 Å². The van der Waals surface area contributed by atoms with Crippen LogP contribution < -0.4 is 5.32 Å². The third kappa shape index (κ3) is 5.10. The summed E-state index contributed by atoms with van der Waals surface area (Å²) in [6.07, 6.45) is 6.08. The topological polar surface area (TPSA) is 58.1 Å². The molecule has 154 valence electrons. The van der Waals surface area contributed by atoms with Crippen LogP contribution in [0.25, 0.3) is 11.3 Å². The number of hydrogen-bond donors (Lipinski definition) is 1. The Hall–Kier alpha value is -3.05. The van der Waals surface area contributed by atoms with Gasteiger partial charge >= 0.3 is 0 Å². The summed E-state index contributed by atoms with van der Waals surface area (Å²) in [6, 6.07) is 16.5. The first-order valence-electron chi connectivity index (χ1n) is 10.5. The van der Waals surface area contributed by atoms with Gasteiger partial charge in [-0.15, -0.1) is 0 Å². The number of piperidine rings is 1. The molecule has 30 heavy (non-hydrogen) atoms. The molecule has 5 heteroatoms. The van der Waals surface area contributed by atoms with Crippen molar-refractivity contribution >= 4 is 11.6 Å². The quantitative estimate of drug-likeness (QED) is 0.669. The van der Waals surface area contributed by atoms with Crippen LogP contribution in [0.5, 0.6) is 0 Å². The standard InChI is InChI=1S/C25H28N4O/c1-18-5-3-6-21(13-18)24-14-26-15-25(28-24)22-7-4-12-29(17-22)16-20-8-10-23(11-9-20)27-19(2)30/h3,5-6,8-11,13-15,22H,4,7,12,16-17H2,1-2H3,(H,27,30)/t22-/m1/s1. The Morgan fingerprint density at radius 3 is 2.77 bits per heavy atom. The maximum absolute atomic E-state index is 11.2. The number of hydrogen-bond acceptors (Lipinski definition) is 4. The number of carbonyl (C=O) groups excluding carboxylic acids is 1. The minimum Gasteiger partial charge on any atom is -0.326 e. The number of nitrogens with one attached hydrogen (secondary N) is 1. The summed E-state index contributed by atoms with van der Waals surface area (Å²) in [5.41, 5.74) is 6.47. The van der Waals surface area contributed by atoms with Gasteiger partial charge in [-0.05, 0) is 50.1 Å². The number of aryl methyl sites for hydroxylation is 1. The number of carbonyl (C=O) groups is 1. The second kappa shape index (κ2) is 9.18. The van der Waals surface area contributed by atoms with Gasteiger partial charge in [-0.25, -0.2) is 4.98 Å². The molecule has 0 bridgehead atoms. The summed E-state index contributed by atoms with van der Waals surface area (Å²) in [7, 11) is 0. The molecule has 0 saturated carbocycles. The normalized spacial score (nSPS) is 16.9.